The molecule has 7 nitrogen and oxygen atoms in total. The smallest absolute Gasteiger partial charge is 0.407 e. The molecule has 4 rings (SSSR count). The Labute approximate surface area is 192 Å². The van der Waals surface area contributed by atoms with Crippen molar-refractivity contribution in [2.24, 2.45) is 5.92 Å². The molecule has 0 radical (unpaired) electrons. The van der Waals surface area contributed by atoms with Crippen LogP contribution < -0.4 is 10.6 Å². The Morgan fingerprint density at radius 3 is 2.24 bits per heavy atom. The number of carbonyl (C=O) groups is 3. The zero-order valence-corrected chi connectivity index (χ0v) is 18.2. The molecule has 1 atom stereocenters. The SMILES string of the molecule is O=C(O)CC(NC(=O)C#CCNC(=O)OCC1c2ccccc2-c2ccccc21)C1CCC1. The van der Waals surface area contributed by atoms with Crippen molar-refractivity contribution in [1.82, 2.24) is 10.6 Å². The van der Waals surface area contributed by atoms with Crippen LogP contribution in [0, 0.1) is 17.8 Å². The van der Waals surface area contributed by atoms with Crippen LogP contribution in [0.5, 0.6) is 0 Å². The van der Waals surface area contributed by atoms with E-state index in [-0.39, 0.29) is 31.4 Å². The minimum atomic E-state index is -0.947. The second kappa shape index (κ2) is 10.2. The van der Waals surface area contributed by atoms with Crippen molar-refractivity contribution in [3.8, 4) is 23.0 Å². The third kappa shape index (κ3) is 5.35. The van der Waals surface area contributed by atoms with Gasteiger partial charge in [-0.05, 0) is 46.9 Å². The van der Waals surface area contributed by atoms with Gasteiger partial charge < -0.3 is 20.5 Å². The number of carbonyl (C=O) groups excluding carboxylic acids is 2. The topological polar surface area (TPSA) is 105 Å². The van der Waals surface area contributed by atoms with E-state index in [4.69, 9.17) is 9.84 Å². The minimum absolute atomic E-state index is 0.0299. The summed E-state index contributed by atoms with van der Waals surface area (Å²) in [4.78, 5) is 35.2. The number of rotatable bonds is 7. The first-order valence-electron chi connectivity index (χ1n) is 11.1. The Bertz CT molecular complexity index is 1070. The summed E-state index contributed by atoms with van der Waals surface area (Å²) in [6.07, 6.45) is 2.15. The zero-order valence-electron chi connectivity index (χ0n) is 18.2. The second-order valence-electron chi connectivity index (χ2n) is 8.35. The van der Waals surface area contributed by atoms with Crippen molar-refractivity contribution in [1.29, 1.82) is 0 Å². The number of ether oxygens (including phenoxy) is 1. The molecule has 2 aliphatic rings. The van der Waals surface area contributed by atoms with Gasteiger partial charge in [-0.2, -0.15) is 0 Å². The van der Waals surface area contributed by atoms with Crippen LogP contribution in [0.1, 0.15) is 42.7 Å². The maximum absolute atomic E-state index is 12.1. The minimum Gasteiger partial charge on any atom is -0.481 e. The molecule has 7 heteroatoms. The monoisotopic (exact) mass is 446 g/mol. The molecule has 0 saturated heterocycles. The summed E-state index contributed by atoms with van der Waals surface area (Å²) in [5.41, 5.74) is 4.57. The van der Waals surface area contributed by atoms with Gasteiger partial charge in [-0.3, -0.25) is 9.59 Å². The molecule has 0 aliphatic heterocycles. The number of nitrogens with one attached hydrogen (secondary N) is 2. The highest BCUT2D eigenvalue weighted by molar-refractivity contribution is 5.94. The molecule has 1 fully saturated rings. The van der Waals surface area contributed by atoms with Gasteiger partial charge in [0.1, 0.15) is 6.61 Å². The van der Waals surface area contributed by atoms with E-state index in [0.29, 0.717) is 0 Å². The van der Waals surface area contributed by atoms with E-state index in [1.54, 1.807) is 0 Å². The van der Waals surface area contributed by atoms with Crippen LogP contribution in [-0.2, 0) is 14.3 Å². The Morgan fingerprint density at radius 2 is 1.67 bits per heavy atom. The third-order valence-corrected chi connectivity index (χ3v) is 6.30. The number of fused-ring (bicyclic) bond motifs is 3. The number of alkyl carbamates (subject to hydrolysis) is 1. The predicted molar refractivity (Wildman–Crippen MR) is 122 cm³/mol. The van der Waals surface area contributed by atoms with E-state index < -0.39 is 24.0 Å². The molecule has 33 heavy (non-hydrogen) atoms. The molecule has 0 bridgehead atoms. The number of hydrogen-bond donors (Lipinski definition) is 3. The summed E-state index contributed by atoms with van der Waals surface area (Å²) in [7, 11) is 0. The number of carboxylic acid groups (broad SMARTS) is 1. The summed E-state index contributed by atoms with van der Waals surface area (Å²) in [5.74, 6) is 3.66. The Balaban J connectivity index is 1.25. The van der Waals surface area contributed by atoms with Crippen LogP contribution in [0.3, 0.4) is 0 Å². The van der Waals surface area contributed by atoms with E-state index in [0.717, 1.165) is 41.5 Å². The summed E-state index contributed by atoms with van der Waals surface area (Å²) < 4.78 is 5.42. The van der Waals surface area contributed by atoms with Gasteiger partial charge in [-0.25, -0.2) is 4.79 Å². The lowest BCUT2D eigenvalue weighted by atomic mass is 9.78. The van der Waals surface area contributed by atoms with Crippen LogP contribution in [-0.4, -0.2) is 42.3 Å². The zero-order chi connectivity index (χ0) is 23.2. The lowest BCUT2D eigenvalue weighted by Crippen LogP contribution is -2.43. The van der Waals surface area contributed by atoms with Crippen molar-refractivity contribution in [2.45, 2.75) is 37.6 Å². The number of benzene rings is 2. The molecule has 1 unspecified atom stereocenters. The molecule has 2 aromatic rings. The average Bonchev–Trinajstić information content (AvgIpc) is 3.07. The van der Waals surface area contributed by atoms with E-state index in [1.807, 2.05) is 36.4 Å². The molecule has 2 amide bonds. The van der Waals surface area contributed by atoms with Gasteiger partial charge in [0.15, 0.2) is 0 Å². The fourth-order valence-corrected chi connectivity index (χ4v) is 4.46. The Morgan fingerprint density at radius 1 is 1.03 bits per heavy atom. The summed E-state index contributed by atoms with van der Waals surface area (Å²) in [5, 5.41) is 14.2. The normalized spacial score (nSPS) is 15.2. The maximum Gasteiger partial charge on any atom is 0.407 e. The maximum atomic E-state index is 12.1. The van der Waals surface area contributed by atoms with Crippen molar-refractivity contribution in [3.63, 3.8) is 0 Å². The summed E-state index contributed by atoms with van der Waals surface area (Å²) in [6.45, 7) is 0.156. The number of amides is 2. The van der Waals surface area contributed by atoms with E-state index in [9.17, 15) is 14.4 Å². The Kier molecular flexibility index (Phi) is 6.94. The van der Waals surface area contributed by atoms with Gasteiger partial charge in [-0.1, -0.05) is 60.9 Å². The molecule has 1 saturated carbocycles. The highest BCUT2D eigenvalue weighted by Crippen LogP contribution is 2.44. The molecular formula is C26H26N2O5. The number of carboxylic acids is 1. The van der Waals surface area contributed by atoms with Crippen molar-refractivity contribution in [3.05, 3.63) is 59.7 Å². The van der Waals surface area contributed by atoms with Crippen molar-refractivity contribution in [2.75, 3.05) is 13.2 Å². The van der Waals surface area contributed by atoms with Crippen LogP contribution in [0.25, 0.3) is 11.1 Å². The molecule has 0 heterocycles. The van der Waals surface area contributed by atoms with Gasteiger partial charge in [-0.15, -0.1) is 0 Å². The average molecular weight is 447 g/mol. The summed E-state index contributed by atoms with van der Waals surface area (Å²) in [6, 6.07) is 15.8. The Hall–Kier alpha value is -3.79. The van der Waals surface area contributed by atoms with Crippen molar-refractivity contribution < 1.29 is 24.2 Å². The molecular weight excluding hydrogens is 420 g/mol. The van der Waals surface area contributed by atoms with Crippen molar-refractivity contribution >= 4 is 18.0 Å². The van der Waals surface area contributed by atoms with E-state index in [1.165, 1.54) is 0 Å². The quantitative estimate of drug-likeness (QED) is 0.566. The van der Waals surface area contributed by atoms with Gasteiger partial charge in [0.2, 0.25) is 0 Å². The highest BCUT2D eigenvalue weighted by atomic mass is 16.5. The van der Waals surface area contributed by atoms with E-state index in [2.05, 4.69) is 34.6 Å². The van der Waals surface area contributed by atoms with E-state index >= 15 is 0 Å². The molecule has 3 N–H and O–H groups in total. The molecule has 170 valence electrons. The first-order chi connectivity index (χ1) is 16.0. The van der Waals surface area contributed by atoms with Gasteiger partial charge >= 0.3 is 12.1 Å². The van der Waals surface area contributed by atoms with Gasteiger partial charge in [0.05, 0.1) is 13.0 Å². The molecule has 0 spiro atoms. The predicted octanol–water partition coefficient (Wildman–Crippen LogP) is 3.29. The fraction of sp³-hybridized carbons (Fsp3) is 0.346. The first kappa shape index (κ1) is 22.4. The lowest BCUT2D eigenvalue weighted by molar-refractivity contribution is -0.138. The summed E-state index contributed by atoms with van der Waals surface area (Å²) >= 11 is 0. The van der Waals surface area contributed by atoms with Crippen LogP contribution in [0.15, 0.2) is 48.5 Å². The molecule has 2 aromatic carbocycles. The fourth-order valence-electron chi connectivity index (χ4n) is 4.46. The molecule has 2 aliphatic carbocycles. The van der Waals surface area contributed by atoms with Crippen LogP contribution in [0.2, 0.25) is 0 Å². The highest BCUT2D eigenvalue weighted by Gasteiger charge is 2.30. The van der Waals surface area contributed by atoms with Crippen LogP contribution in [0.4, 0.5) is 4.79 Å². The third-order valence-electron chi connectivity index (χ3n) is 6.30. The standard InChI is InChI=1S/C26H26N2O5/c29-24(28-23(15-25(30)31)17-7-5-8-17)13-6-14-27-26(32)33-16-22-20-11-3-1-9-18(20)19-10-2-4-12-21(19)22/h1-4,9-12,17,22-23H,5,7-8,14-16H2,(H,27,32)(H,28,29)(H,30,31). The number of hydrogen-bond acceptors (Lipinski definition) is 4. The molecule has 0 aromatic heterocycles. The van der Waals surface area contributed by atoms with Gasteiger partial charge in [0, 0.05) is 12.0 Å². The van der Waals surface area contributed by atoms with Crippen LogP contribution >= 0.6 is 0 Å². The largest absolute Gasteiger partial charge is 0.481 e. The van der Waals surface area contributed by atoms with Gasteiger partial charge in [0.25, 0.3) is 5.91 Å². The second-order valence-corrected chi connectivity index (χ2v) is 8.35. The first-order valence-corrected chi connectivity index (χ1v) is 11.1. The lowest BCUT2D eigenvalue weighted by Gasteiger charge is -2.32. The number of aliphatic carboxylic acids is 1.